The zero-order valence-electron chi connectivity index (χ0n) is 9.75. The van der Waals surface area contributed by atoms with Crippen LogP contribution in [0.4, 0.5) is 0 Å². The van der Waals surface area contributed by atoms with E-state index in [9.17, 15) is 14.7 Å². The summed E-state index contributed by atoms with van der Waals surface area (Å²) in [5.74, 6) is -1.14. The molecule has 1 N–H and O–H groups in total. The van der Waals surface area contributed by atoms with Gasteiger partial charge in [-0.3, -0.25) is 9.59 Å². The second kappa shape index (κ2) is 5.66. The summed E-state index contributed by atoms with van der Waals surface area (Å²) in [6.45, 7) is 3.99. The second-order valence-corrected chi connectivity index (χ2v) is 4.33. The highest BCUT2D eigenvalue weighted by molar-refractivity contribution is 6.21. The SMILES string of the molecule is CC(=O)OC1O[C@@H](C)[C@@H](O)[C@@H](OC(C)=O)C1Cl. The highest BCUT2D eigenvalue weighted by Crippen LogP contribution is 2.28. The molecule has 0 saturated carbocycles. The van der Waals surface area contributed by atoms with E-state index in [0.29, 0.717) is 0 Å². The van der Waals surface area contributed by atoms with Gasteiger partial charge in [0.25, 0.3) is 0 Å². The molecule has 0 aromatic rings. The molecule has 17 heavy (non-hydrogen) atoms. The van der Waals surface area contributed by atoms with E-state index in [4.69, 9.17) is 25.8 Å². The topological polar surface area (TPSA) is 82.1 Å². The Balaban J connectivity index is 2.78. The van der Waals surface area contributed by atoms with E-state index in [2.05, 4.69) is 0 Å². The van der Waals surface area contributed by atoms with Crippen LogP contribution < -0.4 is 0 Å². The molecule has 1 fully saturated rings. The molecule has 1 aliphatic heterocycles. The quantitative estimate of drug-likeness (QED) is 0.568. The fourth-order valence-electron chi connectivity index (χ4n) is 1.56. The third-order valence-electron chi connectivity index (χ3n) is 2.32. The van der Waals surface area contributed by atoms with E-state index in [-0.39, 0.29) is 0 Å². The van der Waals surface area contributed by atoms with Gasteiger partial charge in [-0.1, -0.05) is 0 Å². The Kier molecular flexibility index (Phi) is 4.73. The lowest BCUT2D eigenvalue weighted by atomic mass is 10.0. The van der Waals surface area contributed by atoms with E-state index in [1.165, 1.54) is 13.8 Å². The number of rotatable bonds is 2. The van der Waals surface area contributed by atoms with Crippen molar-refractivity contribution in [3.8, 4) is 0 Å². The first-order valence-electron chi connectivity index (χ1n) is 5.15. The highest BCUT2D eigenvalue weighted by atomic mass is 35.5. The highest BCUT2D eigenvalue weighted by Gasteiger charge is 2.46. The van der Waals surface area contributed by atoms with Crippen LogP contribution in [0.15, 0.2) is 0 Å². The van der Waals surface area contributed by atoms with Crippen LogP contribution in [0, 0.1) is 0 Å². The molecule has 7 heteroatoms. The number of hydrogen-bond donors (Lipinski definition) is 1. The van der Waals surface area contributed by atoms with E-state index in [0.717, 1.165) is 0 Å². The normalized spacial score (nSPS) is 37.4. The van der Waals surface area contributed by atoms with Crippen LogP contribution in [0.3, 0.4) is 0 Å². The molecule has 0 amide bonds. The summed E-state index contributed by atoms with van der Waals surface area (Å²) in [6, 6.07) is 0. The lowest BCUT2D eigenvalue weighted by molar-refractivity contribution is -0.241. The molecular weight excluding hydrogens is 252 g/mol. The number of hydrogen-bond acceptors (Lipinski definition) is 6. The first-order valence-corrected chi connectivity index (χ1v) is 5.58. The Bertz CT molecular complexity index is 307. The third-order valence-corrected chi connectivity index (χ3v) is 2.78. The predicted molar refractivity (Wildman–Crippen MR) is 57.3 cm³/mol. The van der Waals surface area contributed by atoms with Crippen molar-refractivity contribution < 1.29 is 28.9 Å². The first-order chi connectivity index (χ1) is 7.82. The number of alkyl halides is 1. The Labute approximate surface area is 104 Å². The fraction of sp³-hybridized carbons (Fsp3) is 0.800. The summed E-state index contributed by atoms with van der Waals surface area (Å²) in [7, 11) is 0. The number of carbonyl (C=O) groups excluding carboxylic acids is 2. The van der Waals surface area contributed by atoms with Gasteiger partial charge < -0.3 is 19.3 Å². The van der Waals surface area contributed by atoms with E-state index in [1.54, 1.807) is 6.92 Å². The lowest BCUT2D eigenvalue weighted by Gasteiger charge is -2.39. The number of aliphatic hydroxyl groups excluding tert-OH is 1. The summed E-state index contributed by atoms with van der Waals surface area (Å²) < 4.78 is 15.0. The average Bonchev–Trinajstić information content (AvgIpc) is 2.20. The zero-order chi connectivity index (χ0) is 13.2. The molecule has 0 radical (unpaired) electrons. The van der Waals surface area contributed by atoms with Gasteiger partial charge >= 0.3 is 11.9 Å². The van der Waals surface area contributed by atoms with Gasteiger partial charge in [0.15, 0.2) is 6.10 Å². The third kappa shape index (κ3) is 3.55. The Morgan fingerprint density at radius 3 is 2.24 bits per heavy atom. The number of aliphatic hydroxyl groups is 1. The molecule has 0 aromatic heterocycles. The standard InChI is InChI=1S/C10H15ClO6/c1-4-8(14)9(16-5(2)12)7(11)10(15-4)17-6(3)13/h4,7-10,14H,1-3H3/t4-,7?,8+,9-,10?/m0/s1. The monoisotopic (exact) mass is 266 g/mol. The maximum absolute atomic E-state index is 10.9. The molecule has 1 saturated heterocycles. The van der Waals surface area contributed by atoms with E-state index >= 15 is 0 Å². The van der Waals surface area contributed by atoms with Gasteiger partial charge in [0, 0.05) is 13.8 Å². The van der Waals surface area contributed by atoms with Gasteiger partial charge in [0.1, 0.15) is 11.5 Å². The van der Waals surface area contributed by atoms with Gasteiger partial charge in [0.2, 0.25) is 6.29 Å². The smallest absolute Gasteiger partial charge is 0.304 e. The van der Waals surface area contributed by atoms with E-state index < -0.39 is 41.9 Å². The van der Waals surface area contributed by atoms with Crippen LogP contribution in [0.5, 0.6) is 0 Å². The number of esters is 2. The maximum atomic E-state index is 10.9. The average molecular weight is 267 g/mol. The molecule has 6 nitrogen and oxygen atoms in total. The van der Waals surface area contributed by atoms with Crippen LogP contribution in [-0.4, -0.2) is 47.0 Å². The van der Waals surface area contributed by atoms with Gasteiger partial charge in [-0.25, -0.2) is 0 Å². The van der Waals surface area contributed by atoms with Crippen molar-refractivity contribution in [1.82, 2.24) is 0 Å². The van der Waals surface area contributed by atoms with Gasteiger partial charge in [-0.15, -0.1) is 11.6 Å². The van der Waals surface area contributed by atoms with Gasteiger partial charge in [0.05, 0.1) is 6.10 Å². The Morgan fingerprint density at radius 1 is 1.24 bits per heavy atom. The van der Waals surface area contributed by atoms with Crippen molar-refractivity contribution in [3.63, 3.8) is 0 Å². The summed E-state index contributed by atoms with van der Waals surface area (Å²) >= 11 is 5.96. The molecule has 1 aliphatic rings. The van der Waals surface area contributed by atoms with Crippen molar-refractivity contribution in [2.75, 3.05) is 0 Å². The number of halogens is 1. The van der Waals surface area contributed by atoms with E-state index in [1.807, 2.05) is 0 Å². The van der Waals surface area contributed by atoms with Crippen LogP contribution in [0.2, 0.25) is 0 Å². The van der Waals surface area contributed by atoms with Crippen molar-refractivity contribution in [2.45, 2.75) is 50.8 Å². The zero-order valence-corrected chi connectivity index (χ0v) is 10.5. The molecule has 2 unspecified atom stereocenters. The Hall–Kier alpha value is -0.850. The summed E-state index contributed by atoms with van der Waals surface area (Å²) in [5.41, 5.74) is 0. The molecule has 98 valence electrons. The lowest BCUT2D eigenvalue weighted by Crippen LogP contribution is -2.56. The molecule has 5 atom stereocenters. The van der Waals surface area contributed by atoms with Crippen molar-refractivity contribution >= 4 is 23.5 Å². The van der Waals surface area contributed by atoms with Crippen molar-refractivity contribution in [1.29, 1.82) is 0 Å². The molecule has 0 bridgehead atoms. The minimum Gasteiger partial charge on any atom is -0.458 e. The molecule has 1 heterocycles. The molecule has 0 spiro atoms. The molecule has 0 aliphatic carbocycles. The van der Waals surface area contributed by atoms with Gasteiger partial charge in [-0.2, -0.15) is 0 Å². The van der Waals surface area contributed by atoms with Gasteiger partial charge in [-0.05, 0) is 6.92 Å². The number of ether oxygens (including phenoxy) is 3. The fourth-order valence-corrected chi connectivity index (χ4v) is 1.87. The second-order valence-electron chi connectivity index (χ2n) is 3.83. The first kappa shape index (κ1) is 14.2. The summed E-state index contributed by atoms with van der Waals surface area (Å²) in [4.78, 5) is 21.7. The summed E-state index contributed by atoms with van der Waals surface area (Å²) in [6.07, 6.45) is -3.73. The number of carbonyl (C=O) groups is 2. The predicted octanol–water partition coefficient (Wildman–Crippen LogP) is 0.194. The van der Waals surface area contributed by atoms with Crippen molar-refractivity contribution in [2.24, 2.45) is 0 Å². The van der Waals surface area contributed by atoms with Crippen LogP contribution in [-0.2, 0) is 23.8 Å². The molecule has 0 aromatic carbocycles. The minimum atomic E-state index is -1.06. The van der Waals surface area contributed by atoms with Crippen LogP contribution in [0.25, 0.3) is 0 Å². The largest absolute Gasteiger partial charge is 0.458 e. The van der Waals surface area contributed by atoms with Crippen LogP contribution in [0.1, 0.15) is 20.8 Å². The minimum absolute atomic E-state index is 0.564. The maximum Gasteiger partial charge on any atom is 0.304 e. The molecular formula is C10H15ClO6. The summed E-state index contributed by atoms with van der Waals surface area (Å²) in [5, 5.41) is 8.83. The Morgan fingerprint density at radius 2 is 1.76 bits per heavy atom. The molecule has 1 rings (SSSR count). The van der Waals surface area contributed by atoms with Crippen LogP contribution >= 0.6 is 11.6 Å². The van der Waals surface area contributed by atoms with Crippen molar-refractivity contribution in [3.05, 3.63) is 0 Å².